The van der Waals surface area contributed by atoms with Gasteiger partial charge in [-0.1, -0.05) is 35.9 Å². The first-order valence-corrected chi connectivity index (χ1v) is 6.64. The molecular formula is C17H19NO2. The highest BCUT2D eigenvalue weighted by Gasteiger charge is 2.17. The molecule has 0 aliphatic carbocycles. The van der Waals surface area contributed by atoms with E-state index in [0.717, 1.165) is 11.1 Å². The largest absolute Gasteiger partial charge is 0.496 e. The van der Waals surface area contributed by atoms with Crippen LogP contribution in [0.3, 0.4) is 0 Å². The molecule has 0 bridgehead atoms. The molecular weight excluding hydrogens is 250 g/mol. The molecule has 2 aromatic carbocycles. The minimum Gasteiger partial charge on any atom is -0.496 e. The predicted molar refractivity (Wildman–Crippen MR) is 80.4 cm³/mol. The molecule has 2 N–H and O–H groups in total. The van der Waals surface area contributed by atoms with E-state index in [1.54, 1.807) is 7.11 Å². The SMILES string of the molecule is COc1ccc(C)cc1C(=O)c1ccccc1CCN. The number of nitrogens with two attached hydrogens (primary N) is 1. The van der Waals surface area contributed by atoms with E-state index in [1.165, 1.54) is 0 Å². The third-order valence-electron chi connectivity index (χ3n) is 3.28. The second kappa shape index (κ2) is 6.35. The van der Waals surface area contributed by atoms with Crippen LogP contribution in [0.2, 0.25) is 0 Å². The molecule has 2 rings (SSSR count). The lowest BCUT2D eigenvalue weighted by molar-refractivity contribution is 0.103. The van der Waals surface area contributed by atoms with Crippen molar-refractivity contribution in [1.82, 2.24) is 0 Å². The van der Waals surface area contributed by atoms with Gasteiger partial charge in [-0.05, 0) is 37.6 Å². The maximum Gasteiger partial charge on any atom is 0.197 e. The van der Waals surface area contributed by atoms with Crippen LogP contribution in [0.1, 0.15) is 27.0 Å². The van der Waals surface area contributed by atoms with Crippen LogP contribution >= 0.6 is 0 Å². The Bertz CT molecular complexity index is 620. The fraction of sp³-hybridized carbons (Fsp3) is 0.235. The molecule has 0 radical (unpaired) electrons. The lowest BCUT2D eigenvalue weighted by Crippen LogP contribution is -2.11. The molecule has 0 atom stereocenters. The highest BCUT2D eigenvalue weighted by atomic mass is 16.5. The number of rotatable bonds is 5. The summed E-state index contributed by atoms with van der Waals surface area (Å²) in [6.45, 7) is 2.48. The molecule has 0 aliphatic heterocycles. The number of ketones is 1. The molecule has 0 heterocycles. The van der Waals surface area contributed by atoms with Crippen LogP contribution in [-0.2, 0) is 6.42 Å². The van der Waals surface area contributed by atoms with Crippen molar-refractivity contribution in [3.63, 3.8) is 0 Å². The van der Waals surface area contributed by atoms with E-state index in [4.69, 9.17) is 10.5 Å². The number of benzene rings is 2. The fourth-order valence-electron chi connectivity index (χ4n) is 2.26. The first kappa shape index (κ1) is 14.3. The Balaban J connectivity index is 2.49. The minimum absolute atomic E-state index is 0.0189. The quantitative estimate of drug-likeness (QED) is 0.849. The summed E-state index contributed by atoms with van der Waals surface area (Å²) in [6, 6.07) is 13.2. The fourth-order valence-corrected chi connectivity index (χ4v) is 2.26. The molecule has 20 heavy (non-hydrogen) atoms. The molecule has 0 aliphatic rings. The van der Waals surface area contributed by atoms with Gasteiger partial charge in [-0.15, -0.1) is 0 Å². The molecule has 104 valence electrons. The average molecular weight is 269 g/mol. The van der Waals surface area contributed by atoms with E-state index in [-0.39, 0.29) is 5.78 Å². The third kappa shape index (κ3) is 2.89. The zero-order chi connectivity index (χ0) is 14.5. The Morgan fingerprint density at radius 3 is 2.60 bits per heavy atom. The number of carbonyl (C=O) groups is 1. The van der Waals surface area contributed by atoms with E-state index < -0.39 is 0 Å². The molecule has 0 saturated heterocycles. The zero-order valence-corrected chi connectivity index (χ0v) is 11.8. The van der Waals surface area contributed by atoms with Crippen LogP contribution < -0.4 is 10.5 Å². The van der Waals surface area contributed by atoms with Gasteiger partial charge in [0.05, 0.1) is 12.7 Å². The molecule has 0 amide bonds. The second-order valence-electron chi connectivity index (χ2n) is 4.73. The minimum atomic E-state index is -0.0189. The maximum absolute atomic E-state index is 12.8. The van der Waals surface area contributed by atoms with Crippen molar-refractivity contribution < 1.29 is 9.53 Å². The molecule has 0 aromatic heterocycles. The van der Waals surface area contributed by atoms with Crippen molar-refractivity contribution in [2.24, 2.45) is 5.73 Å². The van der Waals surface area contributed by atoms with Gasteiger partial charge in [-0.2, -0.15) is 0 Å². The standard InChI is InChI=1S/C17H19NO2/c1-12-7-8-16(20-2)15(11-12)17(19)14-6-4-3-5-13(14)9-10-18/h3-8,11H,9-10,18H2,1-2H3. The number of aryl methyl sites for hydroxylation is 1. The van der Waals surface area contributed by atoms with Crippen LogP contribution in [-0.4, -0.2) is 19.4 Å². The van der Waals surface area contributed by atoms with Crippen LogP contribution in [0.15, 0.2) is 42.5 Å². The molecule has 2 aromatic rings. The summed E-state index contributed by atoms with van der Waals surface area (Å²) in [6.07, 6.45) is 0.691. The van der Waals surface area contributed by atoms with E-state index in [2.05, 4.69) is 0 Å². The number of hydrogen-bond acceptors (Lipinski definition) is 3. The number of hydrogen-bond donors (Lipinski definition) is 1. The molecule has 0 unspecified atom stereocenters. The van der Waals surface area contributed by atoms with Crippen molar-refractivity contribution in [1.29, 1.82) is 0 Å². The van der Waals surface area contributed by atoms with Crippen LogP contribution in [0.5, 0.6) is 5.75 Å². The van der Waals surface area contributed by atoms with E-state index >= 15 is 0 Å². The van der Waals surface area contributed by atoms with E-state index in [0.29, 0.717) is 29.8 Å². The van der Waals surface area contributed by atoms with Gasteiger partial charge in [-0.25, -0.2) is 0 Å². The summed E-state index contributed by atoms with van der Waals surface area (Å²) in [4.78, 5) is 12.8. The van der Waals surface area contributed by atoms with Gasteiger partial charge in [-0.3, -0.25) is 4.79 Å². The van der Waals surface area contributed by atoms with Crippen molar-refractivity contribution >= 4 is 5.78 Å². The first-order chi connectivity index (χ1) is 9.67. The highest BCUT2D eigenvalue weighted by molar-refractivity contribution is 6.11. The Morgan fingerprint density at radius 1 is 1.15 bits per heavy atom. The van der Waals surface area contributed by atoms with Gasteiger partial charge < -0.3 is 10.5 Å². The van der Waals surface area contributed by atoms with Crippen molar-refractivity contribution in [3.05, 3.63) is 64.7 Å². The van der Waals surface area contributed by atoms with Gasteiger partial charge in [0.25, 0.3) is 0 Å². The number of ether oxygens (including phenoxy) is 1. The summed E-state index contributed by atoms with van der Waals surface area (Å²) in [5.41, 5.74) is 8.91. The molecule has 0 saturated carbocycles. The summed E-state index contributed by atoms with van der Waals surface area (Å²) in [5, 5.41) is 0. The van der Waals surface area contributed by atoms with Crippen LogP contribution in [0.4, 0.5) is 0 Å². The van der Waals surface area contributed by atoms with Gasteiger partial charge in [0.15, 0.2) is 5.78 Å². The van der Waals surface area contributed by atoms with Gasteiger partial charge in [0, 0.05) is 5.56 Å². The molecule has 0 fully saturated rings. The highest BCUT2D eigenvalue weighted by Crippen LogP contribution is 2.24. The zero-order valence-electron chi connectivity index (χ0n) is 11.8. The number of carbonyl (C=O) groups excluding carboxylic acids is 1. The summed E-state index contributed by atoms with van der Waals surface area (Å²) >= 11 is 0. The Kier molecular flexibility index (Phi) is 4.53. The molecule has 3 heteroatoms. The van der Waals surface area contributed by atoms with Crippen molar-refractivity contribution in [2.75, 3.05) is 13.7 Å². The van der Waals surface area contributed by atoms with E-state index in [1.807, 2.05) is 49.4 Å². The van der Waals surface area contributed by atoms with Crippen molar-refractivity contribution in [2.45, 2.75) is 13.3 Å². The van der Waals surface area contributed by atoms with Gasteiger partial charge >= 0.3 is 0 Å². The Hall–Kier alpha value is -2.13. The number of methoxy groups -OCH3 is 1. The van der Waals surface area contributed by atoms with Crippen LogP contribution in [0.25, 0.3) is 0 Å². The summed E-state index contributed by atoms with van der Waals surface area (Å²) in [7, 11) is 1.58. The molecule has 0 spiro atoms. The van der Waals surface area contributed by atoms with Gasteiger partial charge in [0.1, 0.15) is 5.75 Å². The predicted octanol–water partition coefficient (Wildman–Crippen LogP) is 2.74. The monoisotopic (exact) mass is 269 g/mol. The Labute approximate surface area is 119 Å². The summed E-state index contributed by atoms with van der Waals surface area (Å²) < 4.78 is 5.30. The lowest BCUT2D eigenvalue weighted by Gasteiger charge is -2.11. The summed E-state index contributed by atoms with van der Waals surface area (Å²) in [5.74, 6) is 0.581. The van der Waals surface area contributed by atoms with Gasteiger partial charge in [0.2, 0.25) is 0 Å². The first-order valence-electron chi connectivity index (χ1n) is 6.64. The molecule has 3 nitrogen and oxygen atoms in total. The topological polar surface area (TPSA) is 52.3 Å². The third-order valence-corrected chi connectivity index (χ3v) is 3.28. The normalized spacial score (nSPS) is 10.3. The van der Waals surface area contributed by atoms with Crippen molar-refractivity contribution in [3.8, 4) is 5.75 Å². The maximum atomic E-state index is 12.8. The lowest BCUT2D eigenvalue weighted by atomic mass is 9.95. The van der Waals surface area contributed by atoms with Crippen LogP contribution in [0, 0.1) is 6.92 Å². The second-order valence-corrected chi connectivity index (χ2v) is 4.73. The van der Waals surface area contributed by atoms with E-state index in [9.17, 15) is 4.79 Å². The smallest absolute Gasteiger partial charge is 0.197 e. The average Bonchev–Trinajstić information content (AvgIpc) is 2.47. The Morgan fingerprint density at radius 2 is 1.90 bits per heavy atom.